The number of fused-ring (bicyclic) bond motifs is 1. The Balaban J connectivity index is 2.14. The van der Waals surface area contributed by atoms with E-state index in [9.17, 15) is 13.9 Å². The standard InChI is InChI=1S/C13H22N4O9P2/c14-13-15-11-10(12(18)16-13)1-2-17(11)9(7-25-3-5-27(19,20)21)8-26-4-6-28(22,23)24/h1-2,9H,3-8H2,(H2,19,20,21)(H2,22,23,24)(H3,14,15,16,18). The van der Waals surface area contributed by atoms with Gasteiger partial charge in [-0.05, 0) is 6.07 Å². The second-order valence-corrected chi connectivity index (χ2v) is 9.54. The Bertz CT molecular complexity index is 917. The molecule has 0 bridgehead atoms. The molecule has 0 aliphatic carbocycles. The van der Waals surface area contributed by atoms with Gasteiger partial charge in [-0.2, -0.15) is 4.98 Å². The van der Waals surface area contributed by atoms with Crippen LogP contribution in [0.2, 0.25) is 0 Å². The summed E-state index contributed by atoms with van der Waals surface area (Å²) < 4.78 is 34.0. The van der Waals surface area contributed by atoms with Crippen molar-refractivity contribution in [2.24, 2.45) is 0 Å². The molecule has 2 aromatic heterocycles. The van der Waals surface area contributed by atoms with Crippen molar-refractivity contribution in [3.63, 3.8) is 0 Å². The molecule has 0 radical (unpaired) electrons. The summed E-state index contributed by atoms with van der Waals surface area (Å²) in [4.78, 5) is 53.9. The second kappa shape index (κ2) is 9.29. The van der Waals surface area contributed by atoms with Crippen LogP contribution < -0.4 is 11.3 Å². The van der Waals surface area contributed by atoms with E-state index >= 15 is 0 Å². The zero-order chi connectivity index (χ0) is 20.9. The third-order valence-electron chi connectivity index (χ3n) is 3.67. The maximum absolute atomic E-state index is 12.0. The average molecular weight is 440 g/mol. The van der Waals surface area contributed by atoms with Crippen LogP contribution in [-0.2, 0) is 18.6 Å². The van der Waals surface area contributed by atoms with Crippen LogP contribution in [-0.4, -0.2) is 72.9 Å². The summed E-state index contributed by atoms with van der Waals surface area (Å²) in [5.41, 5.74) is 5.39. The Morgan fingerprint density at radius 1 is 1.11 bits per heavy atom. The van der Waals surface area contributed by atoms with Gasteiger partial charge in [-0.3, -0.25) is 18.9 Å². The Kier molecular flexibility index (Phi) is 7.54. The van der Waals surface area contributed by atoms with E-state index in [1.165, 1.54) is 6.07 Å². The van der Waals surface area contributed by atoms with Gasteiger partial charge in [0.1, 0.15) is 5.65 Å². The van der Waals surface area contributed by atoms with Crippen LogP contribution in [0, 0.1) is 0 Å². The molecule has 0 unspecified atom stereocenters. The highest BCUT2D eigenvalue weighted by molar-refractivity contribution is 7.52. The van der Waals surface area contributed by atoms with Gasteiger partial charge >= 0.3 is 15.2 Å². The molecule has 0 saturated carbocycles. The Labute approximate surface area is 158 Å². The predicted molar refractivity (Wildman–Crippen MR) is 99.3 cm³/mol. The number of hydrogen-bond donors (Lipinski definition) is 6. The summed E-state index contributed by atoms with van der Waals surface area (Å²) in [5.74, 6) is -0.0963. The molecule has 2 rings (SSSR count). The Morgan fingerprint density at radius 3 is 2.14 bits per heavy atom. The van der Waals surface area contributed by atoms with Gasteiger partial charge in [-0.25, -0.2) is 0 Å². The minimum absolute atomic E-state index is 0.0475. The van der Waals surface area contributed by atoms with Crippen LogP contribution in [0.5, 0.6) is 0 Å². The van der Waals surface area contributed by atoms with E-state index in [2.05, 4.69) is 9.97 Å². The van der Waals surface area contributed by atoms with E-state index in [-0.39, 0.29) is 43.4 Å². The molecular weight excluding hydrogens is 418 g/mol. The molecule has 0 aliphatic rings. The van der Waals surface area contributed by atoms with Gasteiger partial charge in [0.25, 0.3) is 5.56 Å². The van der Waals surface area contributed by atoms with E-state index in [1.807, 2.05) is 0 Å². The first kappa shape index (κ1) is 22.7. The third kappa shape index (κ3) is 7.12. The molecule has 13 nitrogen and oxygen atoms in total. The lowest BCUT2D eigenvalue weighted by Crippen LogP contribution is -2.23. The molecular formula is C13H22N4O9P2. The van der Waals surface area contributed by atoms with Gasteiger partial charge in [-0.15, -0.1) is 0 Å². The van der Waals surface area contributed by atoms with Crippen molar-refractivity contribution < 1.29 is 38.2 Å². The molecule has 158 valence electrons. The number of ether oxygens (including phenoxy) is 2. The highest BCUT2D eigenvalue weighted by Gasteiger charge is 2.19. The van der Waals surface area contributed by atoms with Gasteiger partial charge in [0.05, 0.1) is 50.2 Å². The number of nitrogens with two attached hydrogens (primary N) is 1. The lowest BCUT2D eigenvalue weighted by atomic mass is 10.3. The maximum Gasteiger partial charge on any atom is 0.327 e. The summed E-state index contributed by atoms with van der Waals surface area (Å²) in [6.45, 7) is -0.515. The number of aromatic amines is 1. The quantitative estimate of drug-likeness (QED) is 0.189. The molecule has 0 fully saturated rings. The fourth-order valence-electron chi connectivity index (χ4n) is 2.37. The first-order valence-electron chi connectivity index (χ1n) is 8.07. The van der Waals surface area contributed by atoms with Crippen LogP contribution in [0.4, 0.5) is 5.95 Å². The molecule has 0 amide bonds. The normalized spacial score (nSPS) is 12.9. The van der Waals surface area contributed by atoms with E-state index in [1.54, 1.807) is 10.8 Å². The van der Waals surface area contributed by atoms with Crippen molar-refractivity contribution in [3.8, 4) is 0 Å². The number of nitrogens with one attached hydrogen (secondary N) is 1. The lowest BCUT2D eigenvalue weighted by Gasteiger charge is -2.20. The molecule has 15 heteroatoms. The fourth-order valence-corrected chi connectivity index (χ4v) is 3.10. The predicted octanol–water partition coefficient (Wildman–Crippen LogP) is -0.764. The van der Waals surface area contributed by atoms with Gasteiger partial charge in [0.2, 0.25) is 5.95 Å². The lowest BCUT2D eigenvalue weighted by molar-refractivity contribution is 0.0536. The molecule has 2 aromatic rings. The van der Waals surface area contributed by atoms with Crippen LogP contribution in [0.25, 0.3) is 11.0 Å². The van der Waals surface area contributed by atoms with Crippen molar-refractivity contribution in [3.05, 3.63) is 22.6 Å². The molecule has 28 heavy (non-hydrogen) atoms. The number of anilines is 1. The molecule has 2 heterocycles. The minimum Gasteiger partial charge on any atom is -0.379 e. The van der Waals surface area contributed by atoms with Gasteiger partial charge in [-0.1, -0.05) is 0 Å². The van der Waals surface area contributed by atoms with Crippen LogP contribution in [0.3, 0.4) is 0 Å². The van der Waals surface area contributed by atoms with Crippen molar-refractivity contribution in [2.45, 2.75) is 6.04 Å². The van der Waals surface area contributed by atoms with Crippen molar-refractivity contribution >= 4 is 32.2 Å². The van der Waals surface area contributed by atoms with Crippen LogP contribution >= 0.6 is 15.2 Å². The zero-order valence-electron chi connectivity index (χ0n) is 14.7. The van der Waals surface area contributed by atoms with E-state index in [4.69, 9.17) is 34.8 Å². The Morgan fingerprint density at radius 2 is 1.64 bits per heavy atom. The number of rotatable bonds is 11. The number of H-pyrrole nitrogens is 1. The summed E-state index contributed by atoms with van der Waals surface area (Å²) in [6.07, 6.45) is 0.627. The average Bonchev–Trinajstić information content (AvgIpc) is 2.95. The first-order valence-corrected chi connectivity index (χ1v) is 11.7. The molecule has 0 saturated heterocycles. The van der Waals surface area contributed by atoms with Crippen molar-refractivity contribution in [1.29, 1.82) is 0 Å². The molecule has 0 aliphatic heterocycles. The van der Waals surface area contributed by atoms with Gasteiger partial charge in [0, 0.05) is 6.20 Å². The van der Waals surface area contributed by atoms with E-state index in [0.717, 1.165) is 0 Å². The van der Waals surface area contributed by atoms with Crippen LogP contribution in [0.1, 0.15) is 6.04 Å². The topological polar surface area (TPSA) is 210 Å². The van der Waals surface area contributed by atoms with Crippen LogP contribution in [0.15, 0.2) is 17.1 Å². The summed E-state index contributed by atoms with van der Waals surface area (Å²) >= 11 is 0. The van der Waals surface area contributed by atoms with E-state index < -0.39 is 39.1 Å². The number of aromatic nitrogens is 3. The maximum atomic E-state index is 12.0. The molecule has 0 atom stereocenters. The first-order chi connectivity index (χ1) is 13.0. The van der Waals surface area contributed by atoms with E-state index in [0.29, 0.717) is 0 Å². The summed E-state index contributed by atoms with van der Waals surface area (Å²) in [7, 11) is -8.41. The minimum atomic E-state index is -4.21. The summed E-state index contributed by atoms with van der Waals surface area (Å²) in [6, 6.07) is 0.929. The summed E-state index contributed by atoms with van der Waals surface area (Å²) in [5, 5.41) is 0.268. The number of nitrogens with zero attached hydrogens (tertiary/aromatic N) is 2. The van der Waals surface area contributed by atoms with Gasteiger partial charge in [0.15, 0.2) is 0 Å². The highest BCUT2D eigenvalue weighted by Crippen LogP contribution is 2.34. The molecule has 0 aromatic carbocycles. The molecule has 0 spiro atoms. The largest absolute Gasteiger partial charge is 0.379 e. The third-order valence-corrected chi connectivity index (χ3v) is 5.20. The van der Waals surface area contributed by atoms with Crippen molar-refractivity contribution in [1.82, 2.24) is 14.5 Å². The Hall–Kier alpha value is -1.56. The molecule has 7 N–H and O–H groups in total. The second-order valence-electron chi connectivity index (χ2n) is 5.99. The van der Waals surface area contributed by atoms with Crippen molar-refractivity contribution in [2.75, 3.05) is 44.5 Å². The van der Waals surface area contributed by atoms with Gasteiger partial charge < -0.3 is 39.3 Å². The monoisotopic (exact) mass is 440 g/mol. The number of nitrogen functional groups attached to an aromatic ring is 1. The number of hydrogen-bond acceptors (Lipinski definition) is 7. The smallest absolute Gasteiger partial charge is 0.327 e. The SMILES string of the molecule is Nc1nc2c(ccn2C(COCCP(=O)(O)O)COCCP(=O)(O)O)c(=O)[nH]1. The zero-order valence-corrected chi connectivity index (χ0v) is 16.5. The fraction of sp³-hybridized carbons (Fsp3) is 0.538. The highest BCUT2D eigenvalue weighted by atomic mass is 31.2.